The molecule has 144 valence electrons. The number of alkyl halides is 3. The number of likely N-dealkylation sites (tertiary alicyclic amines) is 1. The molecule has 1 aromatic heterocycles. The maximum Gasteiger partial charge on any atom is 0.416 e. The smallest absolute Gasteiger partial charge is 0.348 e. The van der Waals surface area contributed by atoms with Crippen LogP contribution < -0.4 is 10.9 Å². The van der Waals surface area contributed by atoms with Gasteiger partial charge >= 0.3 is 6.18 Å². The predicted molar refractivity (Wildman–Crippen MR) is 92.1 cm³/mol. The van der Waals surface area contributed by atoms with Crippen LogP contribution in [-0.2, 0) is 12.7 Å². The number of piperidine rings is 1. The summed E-state index contributed by atoms with van der Waals surface area (Å²) in [5.74, 6) is -0.359. The Labute approximate surface area is 153 Å². The van der Waals surface area contributed by atoms with Crippen LogP contribution in [-0.4, -0.2) is 40.1 Å². The minimum atomic E-state index is -4.34. The second kappa shape index (κ2) is 7.91. The second-order valence-corrected chi connectivity index (χ2v) is 6.53. The molecule has 1 aromatic carbocycles. The van der Waals surface area contributed by atoms with E-state index in [1.165, 1.54) is 24.3 Å². The third-order valence-electron chi connectivity index (χ3n) is 4.50. The van der Waals surface area contributed by atoms with Crippen molar-refractivity contribution in [2.24, 2.45) is 0 Å². The first-order valence-corrected chi connectivity index (χ1v) is 8.56. The Morgan fingerprint density at radius 2 is 1.96 bits per heavy atom. The summed E-state index contributed by atoms with van der Waals surface area (Å²) in [5.41, 5.74) is -0.268. The Hall–Kier alpha value is -2.68. The molecule has 1 aliphatic rings. The summed E-state index contributed by atoms with van der Waals surface area (Å²) in [6, 6.07) is 7.90. The van der Waals surface area contributed by atoms with E-state index in [1.54, 1.807) is 6.07 Å². The lowest BCUT2D eigenvalue weighted by Gasteiger charge is -2.32. The number of hydrogen-bond acceptors (Lipinski definition) is 4. The number of aromatic amines is 1. The van der Waals surface area contributed by atoms with Crippen molar-refractivity contribution in [3.05, 3.63) is 63.6 Å². The highest BCUT2D eigenvalue weighted by atomic mass is 19.4. The Bertz CT molecular complexity index is 838. The quantitative estimate of drug-likeness (QED) is 0.852. The Balaban J connectivity index is 1.51. The summed E-state index contributed by atoms with van der Waals surface area (Å²) in [5, 5.41) is 8.77. The number of aromatic nitrogens is 2. The summed E-state index contributed by atoms with van der Waals surface area (Å²) in [6.07, 6.45) is -2.97. The van der Waals surface area contributed by atoms with E-state index in [2.05, 4.69) is 20.4 Å². The van der Waals surface area contributed by atoms with Crippen LogP contribution >= 0.6 is 0 Å². The zero-order valence-electron chi connectivity index (χ0n) is 14.4. The number of amides is 1. The second-order valence-electron chi connectivity index (χ2n) is 6.53. The molecule has 2 N–H and O–H groups in total. The van der Waals surface area contributed by atoms with Crippen LogP contribution in [0.1, 0.15) is 34.5 Å². The SMILES string of the molecule is O=C(NC1CCN(Cc2cccc(C(F)(F)F)c2)CC1)c1ccc(=O)[nH]n1. The molecule has 0 spiro atoms. The average Bonchev–Trinajstić information content (AvgIpc) is 2.63. The molecule has 2 heterocycles. The standard InChI is InChI=1S/C18H19F3N4O2/c19-18(20,21)13-3-1-2-12(10-13)11-25-8-6-14(7-9-25)22-17(27)15-4-5-16(26)24-23-15/h1-5,10,14H,6-9,11H2,(H,22,27)(H,24,26). The third kappa shape index (κ3) is 5.16. The molecule has 0 radical (unpaired) electrons. The first-order valence-electron chi connectivity index (χ1n) is 8.56. The molecule has 0 saturated carbocycles. The average molecular weight is 380 g/mol. The van der Waals surface area contributed by atoms with Crippen LogP contribution in [0.2, 0.25) is 0 Å². The lowest BCUT2D eigenvalue weighted by atomic mass is 10.0. The summed E-state index contributed by atoms with van der Waals surface area (Å²) < 4.78 is 38.4. The van der Waals surface area contributed by atoms with Crippen LogP contribution in [0, 0.1) is 0 Å². The molecule has 9 heteroatoms. The summed E-state index contributed by atoms with van der Waals surface area (Å²) in [6.45, 7) is 1.77. The number of nitrogens with zero attached hydrogens (tertiary/aromatic N) is 2. The maximum atomic E-state index is 12.8. The van der Waals surface area contributed by atoms with Gasteiger partial charge in [0.1, 0.15) is 5.69 Å². The van der Waals surface area contributed by atoms with Crippen molar-refractivity contribution in [2.75, 3.05) is 13.1 Å². The molecule has 3 rings (SSSR count). The molecule has 1 aliphatic heterocycles. The molecule has 1 saturated heterocycles. The Morgan fingerprint density at radius 1 is 1.22 bits per heavy atom. The van der Waals surface area contributed by atoms with Crippen molar-refractivity contribution in [2.45, 2.75) is 31.6 Å². The Morgan fingerprint density at radius 3 is 2.59 bits per heavy atom. The van der Waals surface area contributed by atoms with E-state index in [0.717, 1.165) is 6.07 Å². The predicted octanol–water partition coefficient (Wildman–Crippen LogP) is 2.18. The van der Waals surface area contributed by atoms with Crippen molar-refractivity contribution >= 4 is 5.91 Å². The molecule has 1 amide bonds. The fraction of sp³-hybridized carbons (Fsp3) is 0.389. The number of halogens is 3. The van der Waals surface area contributed by atoms with Crippen LogP contribution in [0.25, 0.3) is 0 Å². The molecule has 0 aliphatic carbocycles. The van der Waals surface area contributed by atoms with Crippen molar-refractivity contribution in [1.29, 1.82) is 0 Å². The number of hydrogen-bond donors (Lipinski definition) is 2. The highest BCUT2D eigenvalue weighted by molar-refractivity contribution is 5.92. The molecule has 0 atom stereocenters. The van der Waals surface area contributed by atoms with E-state index in [4.69, 9.17) is 0 Å². The summed E-state index contributed by atoms with van der Waals surface area (Å²) in [7, 11) is 0. The molecule has 0 bridgehead atoms. The number of benzene rings is 1. The number of H-pyrrole nitrogens is 1. The zero-order valence-corrected chi connectivity index (χ0v) is 14.4. The zero-order chi connectivity index (χ0) is 19.4. The number of rotatable bonds is 4. The summed E-state index contributed by atoms with van der Waals surface area (Å²) in [4.78, 5) is 25.2. The van der Waals surface area contributed by atoms with Crippen LogP contribution in [0.15, 0.2) is 41.2 Å². The van der Waals surface area contributed by atoms with Gasteiger partial charge in [-0.2, -0.15) is 18.3 Å². The lowest BCUT2D eigenvalue weighted by Crippen LogP contribution is -2.44. The van der Waals surface area contributed by atoms with Gasteiger partial charge in [0.25, 0.3) is 11.5 Å². The first kappa shape index (κ1) is 19.1. The maximum absolute atomic E-state index is 12.8. The molecule has 0 unspecified atom stereocenters. The van der Waals surface area contributed by atoms with Gasteiger partial charge in [-0.25, -0.2) is 5.10 Å². The molecule has 2 aromatic rings. The van der Waals surface area contributed by atoms with Crippen LogP contribution in [0.4, 0.5) is 13.2 Å². The topological polar surface area (TPSA) is 78.1 Å². The highest BCUT2D eigenvalue weighted by Gasteiger charge is 2.30. The fourth-order valence-electron chi connectivity index (χ4n) is 3.07. The first-order chi connectivity index (χ1) is 12.8. The number of carbonyl (C=O) groups is 1. The van der Waals surface area contributed by atoms with Gasteiger partial charge in [-0.05, 0) is 30.5 Å². The molecular weight excluding hydrogens is 361 g/mol. The van der Waals surface area contributed by atoms with Crippen molar-refractivity contribution in [1.82, 2.24) is 20.4 Å². The van der Waals surface area contributed by atoms with Crippen molar-refractivity contribution in [3.8, 4) is 0 Å². The van der Waals surface area contributed by atoms with Gasteiger partial charge in [-0.15, -0.1) is 0 Å². The van der Waals surface area contributed by atoms with E-state index in [-0.39, 0.29) is 23.2 Å². The van der Waals surface area contributed by atoms with Gasteiger partial charge < -0.3 is 5.32 Å². The molecule has 27 heavy (non-hydrogen) atoms. The number of carbonyl (C=O) groups excluding carboxylic acids is 1. The Kier molecular flexibility index (Phi) is 5.59. The van der Waals surface area contributed by atoms with E-state index >= 15 is 0 Å². The van der Waals surface area contributed by atoms with E-state index < -0.39 is 11.7 Å². The monoisotopic (exact) mass is 380 g/mol. The molecular formula is C18H19F3N4O2. The van der Waals surface area contributed by atoms with Crippen LogP contribution in [0.3, 0.4) is 0 Å². The minimum Gasteiger partial charge on any atom is -0.348 e. The van der Waals surface area contributed by atoms with Crippen LogP contribution in [0.5, 0.6) is 0 Å². The van der Waals surface area contributed by atoms with E-state index in [9.17, 15) is 22.8 Å². The summed E-state index contributed by atoms with van der Waals surface area (Å²) >= 11 is 0. The number of nitrogens with one attached hydrogen (secondary N) is 2. The van der Waals surface area contributed by atoms with Gasteiger partial charge in [0.05, 0.1) is 5.56 Å². The van der Waals surface area contributed by atoms with Gasteiger partial charge in [-0.1, -0.05) is 18.2 Å². The molecule has 6 nitrogen and oxygen atoms in total. The minimum absolute atomic E-state index is 0.0380. The normalized spacial score (nSPS) is 16.3. The van der Waals surface area contributed by atoms with E-state index in [0.29, 0.717) is 38.0 Å². The third-order valence-corrected chi connectivity index (χ3v) is 4.50. The van der Waals surface area contributed by atoms with E-state index in [1.807, 2.05) is 0 Å². The van der Waals surface area contributed by atoms with Gasteiger partial charge in [0.15, 0.2) is 0 Å². The lowest BCUT2D eigenvalue weighted by molar-refractivity contribution is -0.137. The van der Waals surface area contributed by atoms with Crippen molar-refractivity contribution in [3.63, 3.8) is 0 Å². The van der Waals surface area contributed by atoms with Crippen molar-refractivity contribution < 1.29 is 18.0 Å². The molecule has 1 fully saturated rings. The van der Waals surface area contributed by atoms with Gasteiger partial charge in [0.2, 0.25) is 0 Å². The van der Waals surface area contributed by atoms with Gasteiger partial charge in [-0.3, -0.25) is 14.5 Å². The highest BCUT2D eigenvalue weighted by Crippen LogP contribution is 2.30. The largest absolute Gasteiger partial charge is 0.416 e. The fourth-order valence-corrected chi connectivity index (χ4v) is 3.07. The van der Waals surface area contributed by atoms with Gasteiger partial charge in [0, 0.05) is 31.7 Å².